The van der Waals surface area contributed by atoms with Crippen LogP contribution in [0.15, 0.2) is 22.6 Å². The third-order valence-corrected chi connectivity index (χ3v) is 6.15. The second-order valence-electron chi connectivity index (χ2n) is 8.06. The molecule has 1 amide bonds. The van der Waals surface area contributed by atoms with Crippen LogP contribution >= 0.6 is 0 Å². The summed E-state index contributed by atoms with van der Waals surface area (Å²) in [4.78, 5) is 14.7. The highest BCUT2D eigenvalue weighted by molar-refractivity contribution is 5.84. The average Bonchev–Trinajstić information content (AvgIpc) is 3.32. The minimum absolute atomic E-state index is 0.0856. The lowest BCUT2D eigenvalue weighted by molar-refractivity contribution is -0.133. The second-order valence-corrected chi connectivity index (χ2v) is 8.06. The van der Waals surface area contributed by atoms with Crippen molar-refractivity contribution in [2.75, 3.05) is 36.9 Å². The Morgan fingerprint density at radius 3 is 2.86 bits per heavy atom. The number of piperidine rings is 1. The number of ether oxygens (including phenoxy) is 1. The zero-order chi connectivity index (χ0) is 19.1. The van der Waals surface area contributed by atoms with Gasteiger partial charge < -0.3 is 24.7 Å². The lowest BCUT2D eigenvalue weighted by Crippen LogP contribution is -2.45. The molecule has 2 aromatic rings. The van der Waals surface area contributed by atoms with Crippen LogP contribution in [0.5, 0.6) is 5.75 Å². The zero-order valence-corrected chi connectivity index (χ0v) is 16.0. The fraction of sp³-hybridized carbons (Fsp3) is 0.550. The molecule has 1 aromatic carbocycles. The van der Waals surface area contributed by atoms with E-state index in [0.29, 0.717) is 17.9 Å². The van der Waals surface area contributed by atoms with E-state index in [2.05, 4.69) is 20.8 Å². The van der Waals surface area contributed by atoms with Crippen molar-refractivity contribution in [3.63, 3.8) is 0 Å². The smallest absolute Gasteiger partial charge is 0.316 e. The number of fused-ring (bicyclic) bond motifs is 1. The summed E-state index contributed by atoms with van der Waals surface area (Å²) in [5.74, 6) is 1.26. The molecule has 0 bridgehead atoms. The molecule has 8 nitrogen and oxygen atoms in total. The van der Waals surface area contributed by atoms with Gasteiger partial charge in [-0.15, -0.1) is 5.10 Å². The second kappa shape index (κ2) is 6.68. The molecule has 148 valence electrons. The summed E-state index contributed by atoms with van der Waals surface area (Å²) in [6.07, 6.45) is 4.92. The molecule has 2 fully saturated rings. The maximum atomic E-state index is 12.7. The SMILES string of the molecule is C[C@H](Nc1nnc(-c2cccc3c2NCCO3)o1)C(=O)N1CCC2(CC1)CC2. The highest BCUT2D eigenvalue weighted by Gasteiger charge is 2.45. The molecule has 1 saturated heterocycles. The molecule has 1 aliphatic carbocycles. The van der Waals surface area contributed by atoms with Crippen LogP contribution in [0, 0.1) is 5.41 Å². The highest BCUT2D eigenvalue weighted by atomic mass is 16.5. The Morgan fingerprint density at radius 1 is 1.25 bits per heavy atom. The van der Waals surface area contributed by atoms with E-state index in [1.54, 1.807) is 0 Å². The van der Waals surface area contributed by atoms with Gasteiger partial charge in [0.25, 0.3) is 5.89 Å². The normalized spacial score (nSPS) is 20.7. The van der Waals surface area contributed by atoms with Crippen LogP contribution < -0.4 is 15.4 Å². The number of anilines is 2. The van der Waals surface area contributed by atoms with Crippen molar-refractivity contribution in [2.24, 2.45) is 5.41 Å². The first-order valence-electron chi connectivity index (χ1n) is 10.0. The molecule has 28 heavy (non-hydrogen) atoms. The number of carbonyl (C=O) groups is 1. The molecule has 3 heterocycles. The van der Waals surface area contributed by atoms with Crippen molar-refractivity contribution >= 4 is 17.6 Å². The molecular formula is C20H25N5O3. The molecular weight excluding hydrogens is 358 g/mol. The number of likely N-dealkylation sites (tertiary alicyclic amines) is 1. The maximum absolute atomic E-state index is 12.7. The van der Waals surface area contributed by atoms with E-state index >= 15 is 0 Å². The zero-order valence-electron chi connectivity index (χ0n) is 16.0. The van der Waals surface area contributed by atoms with Crippen LogP contribution in [-0.4, -0.2) is 53.3 Å². The van der Waals surface area contributed by atoms with Gasteiger partial charge in [-0.05, 0) is 50.2 Å². The molecule has 5 rings (SSSR count). The summed E-state index contributed by atoms with van der Waals surface area (Å²) in [6, 6.07) is 5.56. The van der Waals surface area contributed by atoms with E-state index in [1.807, 2.05) is 30.0 Å². The molecule has 0 radical (unpaired) electrons. The van der Waals surface area contributed by atoms with Gasteiger partial charge in [0.05, 0.1) is 11.3 Å². The number of carbonyl (C=O) groups excluding carboxylic acids is 1. The number of amides is 1. The molecule has 0 unspecified atom stereocenters. The van der Waals surface area contributed by atoms with Crippen LogP contribution in [0.3, 0.4) is 0 Å². The van der Waals surface area contributed by atoms with Gasteiger partial charge in [0, 0.05) is 19.6 Å². The van der Waals surface area contributed by atoms with Crippen LogP contribution in [0.1, 0.15) is 32.6 Å². The Labute approximate surface area is 163 Å². The van der Waals surface area contributed by atoms with Crippen LogP contribution in [0.4, 0.5) is 11.7 Å². The van der Waals surface area contributed by atoms with E-state index in [1.165, 1.54) is 12.8 Å². The summed E-state index contributed by atoms with van der Waals surface area (Å²) in [7, 11) is 0. The highest BCUT2D eigenvalue weighted by Crippen LogP contribution is 2.53. The van der Waals surface area contributed by atoms with Crippen molar-refractivity contribution in [1.82, 2.24) is 15.1 Å². The lowest BCUT2D eigenvalue weighted by Gasteiger charge is -2.33. The minimum atomic E-state index is -0.410. The molecule has 3 aliphatic rings. The topological polar surface area (TPSA) is 92.5 Å². The van der Waals surface area contributed by atoms with Gasteiger partial charge in [0.2, 0.25) is 5.91 Å². The van der Waals surface area contributed by atoms with Crippen molar-refractivity contribution in [2.45, 2.75) is 38.6 Å². The number of aromatic nitrogens is 2. The first-order valence-corrected chi connectivity index (χ1v) is 10.0. The van der Waals surface area contributed by atoms with Crippen molar-refractivity contribution < 1.29 is 13.9 Å². The predicted molar refractivity (Wildman–Crippen MR) is 104 cm³/mol. The molecule has 1 saturated carbocycles. The lowest BCUT2D eigenvalue weighted by atomic mass is 9.93. The molecule has 1 aromatic heterocycles. The monoisotopic (exact) mass is 383 g/mol. The van der Waals surface area contributed by atoms with E-state index in [9.17, 15) is 4.79 Å². The maximum Gasteiger partial charge on any atom is 0.316 e. The Bertz CT molecular complexity index is 882. The van der Waals surface area contributed by atoms with E-state index in [-0.39, 0.29) is 11.9 Å². The number of hydrogen-bond acceptors (Lipinski definition) is 7. The number of benzene rings is 1. The van der Waals surface area contributed by atoms with Gasteiger partial charge in [0.15, 0.2) is 0 Å². The number of rotatable bonds is 4. The summed E-state index contributed by atoms with van der Waals surface area (Å²) in [6.45, 7) is 4.90. The van der Waals surface area contributed by atoms with E-state index in [4.69, 9.17) is 9.15 Å². The van der Waals surface area contributed by atoms with E-state index in [0.717, 1.165) is 49.5 Å². The molecule has 2 N–H and O–H groups in total. The fourth-order valence-corrected chi connectivity index (χ4v) is 4.14. The van der Waals surface area contributed by atoms with Gasteiger partial charge in [0.1, 0.15) is 18.4 Å². The molecule has 2 aliphatic heterocycles. The number of para-hydroxylation sites is 1. The first kappa shape index (κ1) is 17.3. The van der Waals surface area contributed by atoms with Gasteiger partial charge in [-0.3, -0.25) is 4.79 Å². The van der Waals surface area contributed by atoms with Gasteiger partial charge in [-0.2, -0.15) is 0 Å². The number of nitrogens with one attached hydrogen (secondary N) is 2. The standard InChI is InChI=1S/C20H25N5O3/c1-13(18(26)25-10-7-20(5-6-20)8-11-25)22-19-24-23-17(28-19)14-3-2-4-15-16(14)21-9-12-27-15/h2-4,13,21H,5-12H2,1H3,(H,22,24)/t13-/m0/s1. The van der Waals surface area contributed by atoms with Crippen LogP contribution in [0.2, 0.25) is 0 Å². The Kier molecular flexibility index (Phi) is 4.14. The minimum Gasteiger partial charge on any atom is -0.490 e. The quantitative estimate of drug-likeness (QED) is 0.838. The Balaban J connectivity index is 1.26. The Morgan fingerprint density at radius 2 is 2.07 bits per heavy atom. The van der Waals surface area contributed by atoms with Gasteiger partial charge in [-0.1, -0.05) is 11.2 Å². The fourth-order valence-electron chi connectivity index (χ4n) is 4.14. The largest absolute Gasteiger partial charge is 0.490 e. The average molecular weight is 383 g/mol. The number of nitrogens with zero attached hydrogens (tertiary/aromatic N) is 3. The summed E-state index contributed by atoms with van der Waals surface area (Å²) in [5.41, 5.74) is 2.21. The third-order valence-electron chi connectivity index (χ3n) is 6.15. The summed E-state index contributed by atoms with van der Waals surface area (Å²) in [5, 5.41) is 14.6. The Hall–Kier alpha value is -2.77. The van der Waals surface area contributed by atoms with Crippen molar-refractivity contribution in [3.8, 4) is 17.2 Å². The van der Waals surface area contributed by atoms with E-state index < -0.39 is 6.04 Å². The number of hydrogen-bond donors (Lipinski definition) is 2. The molecule has 1 spiro atoms. The van der Waals surface area contributed by atoms with Crippen LogP contribution in [0.25, 0.3) is 11.5 Å². The van der Waals surface area contributed by atoms with Gasteiger partial charge in [-0.25, -0.2) is 0 Å². The van der Waals surface area contributed by atoms with Crippen LogP contribution in [-0.2, 0) is 4.79 Å². The third kappa shape index (κ3) is 3.16. The predicted octanol–water partition coefficient (Wildman–Crippen LogP) is 2.74. The molecule has 1 atom stereocenters. The first-order chi connectivity index (χ1) is 13.6. The van der Waals surface area contributed by atoms with Crippen molar-refractivity contribution in [3.05, 3.63) is 18.2 Å². The van der Waals surface area contributed by atoms with Crippen molar-refractivity contribution in [1.29, 1.82) is 0 Å². The van der Waals surface area contributed by atoms with Gasteiger partial charge >= 0.3 is 6.01 Å². The molecule has 8 heteroatoms. The summed E-state index contributed by atoms with van der Waals surface area (Å²) < 4.78 is 11.4. The summed E-state index contributed by atoms with van der Waals surface area (Å²) >= 11 is 0.